The standard InChI is InChI=1S/C28H32N2O5S/c1-19-7-12-26(36-19)28(32)30(25-6-4-5-13-29-27(25)31)17-20-8-10-22(11-9-20)35-18-21-14-23(33-2)16-24(15-21)34-3/h7-12,14-16,25H,4-6,13,17-18H2,1-3H3,(H,29,31)/t25-/m0/s1. The van der Waals surface area contributed by atoms with Gasteiger partial charge in [0, 0.05) is 24.0 Å². The number of rotatable bonds is 9. The van der Waals surface area contributed by atoms with E-state index in [9.17, 15) is 9.59 Å². The van der Waals surface area contributed by atoms with E-state index in [-0.39, 0.29) is 11.8 Å². The van der Waals surface area contributed by atoms with Crippen LogP contribution < -0.4 is 19.5 Å². The van der Waals surface area contributed by atoms with Crippen molar-refractivity contribution in [3.63, 3.8) is 0 Å². The SMILES string of the molecule is COc1cc(COc2ccc(CN(C(=O)c3ccc(C)s3)[C@H]3CCCCNC3=O)cc2)cc(OC)c1. The van der Waals surface area contributed by atoms with Crippen LogP contribution in [-0.2, 0) is 17.9 Å². The van der Waals surface area contributed by atoms with Crippen LogP contribution in [0.3, 0.4) is 0 Å². The van der Waals surface area contributed by atoms with Gasteiger partial charge in [0.15, 0.2) is 0 Å². The Morgan fingerprint density at radius 3 is 2.33 bits per heavy atom. The van der Waals surface area contributed by atoms with Crippen molar-refractivity contribution in [2.75, 3.05) is 20.8 Å². The molecule has 190 valence electrons. The molecule has 8 heteroatoms. The normalized spacial score (nSPS) is 15.5. The molecule has 1 N–H and O–H groups in total. The molecule has 1 fully saturated rings. The second kappa shape index (κ2) is 11.9. The quantitative estimate of drug-likeness (QED) is 0.442. The fourth-order valence-electron chi connectivity index (χ4n) is 4.24. The molecule has 2 heterocycles. The number of thiophene rings is 1. The van der Waals surface area contributed by atoms with Crippen molar-refractivity contribution in [3.8, 4) is 17.2 Å². The van der Waals surface area contributed by atoms with E-state index in [1.807, 2.05) is 61.5 Å². The second-order valence-electron chi connectivity index (χ2n) is 8.80. The number of carbonyl (C=O) groups excluding carboxylic acids is 2. The lowest BCUT2D eigenvalue weighted by Gasteiger charge is -2.30. The molecule has 4 rings (SSSR count). The molecular formula is C28H32N2O5S. The summed E-state index contributed by atoms with van der Waals surface area (Å²) >= 11 is 1.46. The summed E-state index contributed by atoms with van der Waals surface area (Å²) in [6.45, 7) is 3.34. The highest BCUT2D eigenvalue weighted by atomic mass is 32.1. The van der Waals surface area contributed by atoms with Gasteiger partial charge in [-0.3, -0.25) is 9.59 Å². The van der Waals surface area contributed by atoms with Gasteiger partial charge in [0.1, 0.15) is 29.9 Å². The van der Waals surface area contributed by atoms with Gasteiger partial charge in [0.05, 0.1) is 19.1 Å². The number of carbonyl (C=O) groups is 2. The zero-order chi connectivity index (χ0) is 25.5. The lowest BCUT2D eigenvalue weighted by molar-refractivity contribution is -0.125. The number of hydrogen-bond acceptors (Lipinski definition) is 6. The molecule has 0 spiro atoms. The van der Waals surface area contributed by atoms with E-state index in [1.165, 1.54) is 11.3 Å². The number of ether oxygens (including phenoxy) is 3. The van der Waals surface area contributed by atoms with Crippen LogP contribution in [0.1, 0.15) is 44.9 Å². The third-order valence-electron chi connectivity index (χ3n) is 6.19. The molecule has 1 atom stereocenters. The van der Waals surface area contributed by atoms with Crippen molar-refractivity contribution in [2.24, 2.45) is 0 Å². The summed E-state index contributed by atoms with van der Waals surface area (Å²) < 4.78 is 16.6. The Hall–Kier alpha value is -3.52. The predicted octanol–water partition coefficient (Wildman–Crippen LogP) is 4.96. The zero-order valence-corrected chi connectivity index (χ0v) is 21.7. The lowest BCUT2D eigenvalue weighted by atomic mass is 10.1. The van der Waals surface area contributed by atoms with E-state index in [0.29, 0.717) is 48.2 Å². The van der Waals surface area contributed by atoms with Crippen molar-refractivity contribution < 1.29 is 23.8 Å². The minimum atomic E-state index is -0.485. The van der Waals surface area contributed by atoms with Crippen molar-refractivity contribution in [1.82, 2.24) is 10.2 Å². The number of aryl methyl sites for hydroxylation is 1. The Kier molecular flexibility index (Phi) is 8.48. The average Bonchev–Trinajstić information content (AvgIpc) is 3.23. The van der Waals surface area contributed by atoms with Crippen molar-refractivity contribution >= 4 is 23.2 Å². The molecule has 1 aliphatic rings. The van der Waals surface area contributed by atoms with Crippen LogP contribution in [0.25, 0.3) is 0 Å². The fraction of sp³-hybridized carbons (Fsp3) is 0.357. The van der Waals surface area contributed by atoms with E-state index in [2.05, 4.69) is 5.32 Å². The first-order valence-corrected chi connectivity index (χ1v) is 12.9. The molecule has 1 aromatic heterocycles. The highest BCUT2D eigenvalue weighted by molar-refractivity contribution is 7.13. The van der Waals surface area contributed by atoms with Crippen LogP contribution in [0.15, 0.2) is 54.6 Å². The first-order chi connectivity index (χ1) is 17.5. The Morgan fingerprint density at radius 2 is 1.69 bits per heavy atom. The van der Waals surface area contributed by atoms with Crippen LogP contribution >= 0.6 is 11.3 Å². The van der Waals surface area contributed by atoms with E-state index in [4.69, 9.17) is 14.2 Å². The molecule has 1 aliphatic heterocycles. The van der Waals surface area contributed by atoms with Gasteiger partial charge in [0.2, 0.25) is 5.91 Å². The largest absolute Gasteiger partial charge is 0.497 e. The summed E-state index contributed by atoms with van der Waals surface area (Å²) in [5.74, 6) is 1.93. The van der Waals surface area contributed by atoms with Gasteiger partial charge in [-0.1, -0.05) is 12.1 Å². The number of methoxy groups -OCH3 is 2. The van der Waals surface area contributed by atoms with Gasteiger partial charge in [-0.15, -0.1) is 11.3 Å². The molecule has 3 aromatic rings. The molecule has 1 saturated heterocycles. The van der Waals surface area contributed by atoms with Gasteiger partial charge in [-0.05, 0) is 73.7 Å². The van der Waals surface area contributed by atoms with Gasteiger partial charge >= 0.3 is 0 Å². The molecule has 7 nitrogen and oxygen atoms in total. The van der Waals surface area contributed by atoms with E-state index < -0.39 is 6.04 Å². The maximum Gasteiger partial charge on any atom is 0.264 e. The molecule has 0 aliphatic carbocycles. The summed E-state index contributed by atoms with van der Waals surface area (Å²) in [6.07, 6.45) is 2.49. The lowest BCUT2D eigenvalue weighted by Crippen LogP contribution is -2.48. The third kappa shape index (κ3) is 6.37. The van der Waals surface area contributed by atoms with E-state index in [1.54, 1.807) is 19.1 Å². The van der Waals surface area contributed by atoms with Gasteiger partial charge in [-0.2, -0.15) is 0 Å². The molecule has 0 bridgehead atoms. The van der Waals surface area contributed by atoms with Crippen LogP contribution in [0.2, 0.25) is 0 Å². The van der Waals surface area contributed by atoms with Gasteiger partial charge < -0.3 is 24.4 Å². The smallest absolute Gasteiger partial charge is 0.264 e. The molecule has 0 unspecified atom stereocenters. The Morgan fingerprint density at radius 1 is 0.972 bits per heavy atom. The Bertz CT molecular complexity index is 1170. The minimum Gasteiger partial charge on any atom is -0.497 e. The van der Waals surface area contributed by atoms with Crippen LogP contribution in [0.5, 0.6) is 17.2 Å². The molecule has 2 aromatic carbocycles. The number of hydrogen-bond donors (Lipinski definition) is 1. The third-order valence-corrected chi connectivity index (χ3v) is 7.18. The molecular weight excluding hydrogens is 476 g/mol. The highest BCUT2D eigenvalue weighted by Gasteiger charge is 2.32. The van der Waals surface area contributed by atoms with Gasteiger partial charge in [0.25, 0.3) is 5.91 Å². The minimum absolute atomic E-state index is 0.0807. The van der Waals surface area contributed by atoms with Crippen molar-refractivity contribution in [1.29, 1.82) is 0 Å². The summed E-state index contributed by atoms with van der Waals surface area (Å²) in [5, 5.41) is 2.96. The van der Waals surface area contributed by atoms with Crippen LogP contribution in [-0.4, -0.2) is 43.5 Å². The molecule has 0 saturated carbocycles. The van der Waals surface area contributed by atoms with E-state index in [0.717, 1.165) is 28.8 Å². The number of nitrogens with zero attached hydrogens (tertiary/aromatic N) is 1. The zero-order valence-electron chi connectivity index (χ0n) is 20.9. The maximum absolute atomic E-state index is 13.5. The highest BCUT2D eigenvalue weighted by Crippen LogP contribution is 2.26. The molecule has 36 heavy (non-hydrogen) atoms. The molecule has 2 amide bonds. The monoisotopic (exact) mass is 508 g/mol. The number of amides is 2. The Balaban J connectivity index is 1.48. The van der Waals surface area contributed by atoms with Crippen molar-refractivity contribution in [2.45, 2.75) is 45.4 Å². The van der Waals surface area contributed by atoms with Crippen molar-refractivity contribution in [3.05, 3.63) is 75.5 Å². The average molecular weight is 509 g/mol. The van der Waals surface area contributed by atoms with Gasteiger partial charge in [-0.25, -0.2) is 0 Å². The fourth-order valence-corrected chi connectivity index (χ4v) is 5.06. The number of benzene rings is 2. The number of nitrogens with one attached hydrogen (secondary N) is 1. The topological polar surface area (TPSA) is 77.1 Å². The second-order valence-corrected chi connectivity index (χ2v) is 10.1. The van der Waals surface area contributed by atoms with Crippen LogP contribution in [0.4, 0.5) is 0 Å². The van der Waals surface area contributed by atoms with E-state index >= 15 is 0 Å². The molecule has 0 radical (unpaired) electrons. The Labute approximate surface area is 216 Å². The van der Waals surface area contributed by atoms with Crippen LogP contribution in [0, 0.1) is 6.92 Å². The first-order valence-electron chi connectivity index (χ1n) is 12.1. The summed E-state index contributed by atoms with van der Waals surface area (Å²) in [5.41, 5.74) is 1.86. The maximum atomic E-state index is 13.5. The predicted molar refractivity (Wildman–Crippen MR) is 140 cm³/mol. The summed E-state index contributed by atoms with van der Waals surface area (Å²) in [7, 11) is 3.23. The summed E-state index contributed by atoms with van der Waals surface area (Å²) in [6, 6.07) is 16.6. The first kappa shape index (κ1) is 25.6. The summed E-state index contributed by atoms with van der Waals surface area (Å²) in [4.78, 5) is 29.7.